The van der Waals surface area contributed by atoms with Gasteiger partial charge in [-0.15, -0.1) is 0 Å². The highest BCUT2D eigenvalue weighted by molar-refractivity contribution is 6.19. The Labute approximate surface area is 205 Å². The summed E-state index contributed by atoms with van der Waals surface area (Å²) in [6, 6.07) is 8.20. The van der Waals surface area contributed by atoms with Crippen LogP contribution in [0, 0.1) is 5.92 Å². The molecule has 0 aromatic heterocycles. The highest BCUT2D eigenvalue weighted by Gasteiger charge is 2.55. The smallest absolute Gasteiger partial charge is 0.337 e. The molecule has 10 heteroatoms. The molecular weight excluding hydrogens is 451 g/mol. The summed E-state index contributed by atoms with van der Waals surface area (Å²) in [5.41, 5.74) is 8.10. The van der Waals surface area contributed by atoms with Crippen LogP contribution in [0.2, 0.25) is 5.31 Å². The molecule has 0 saturated carbocycles. The van der Waals surface area contributed by atoms with Crippen molar-refractivity contribution in [2.45, 2.75) is 49.4 Å². The third-order valence-electron chi connectivity index (χ3n) is 7.16. The number of nitrogens with two attached hydrogens (primary N) is 1. The number of ether oxygens (including phenoxy) is 4. The highest BCUT2D eigenvalue weighted by atomic mass is 16.7. The largest absolute Gasteiger partial charge is 0.466 e. The van der Waals surface area contributed by atoms with E-state index in [2.05, 4.69) is 5.32 Å². The van der Waals surface area contributed by atoms with Gasteiger partial charge in [0.25, 0.3) is 0 Å². The van der Waals surface area contributed by atoms with Crippen LogP contribution in [0.1, 0.15) is 24.8 Å². The molecule has 2 heterocycles. The number of hydrogen-bond donors (Lipinski definition) is 2. The molecule has 4 rings (SSSR count). The van der Waals surface area contributed by atoms with E-state index < -0.39 is 29.6 Å². The number of allylic oxidation sites excluding steroid dienone is 1. The van der Waals surface area contributed by atoms with Gasteiger partial charge in [0.05, 0.1) is 18.9 Å². The molecule has 1 aliphatic carbocycles. The Hall–Kier alpha value is -3.11. The zero-order valence-corrected chi connectivity index (χ0v) is 20.0. The first kappa shape index (κ1) is 25.0. The number of benzene rings is 1. The minimum atomic E-state index is -1.05. The third-order valence-corrected chi connectivity index (χ3v) is 7.16. The summed E-state index contributed by atoms with van der Waals surface area (Å²) in [5.74, 6) is -1.83. The van der Waals surface area contributed by atoms with E-state index in [-0.39, 0.29) is 24.5 Å². The van der Waals surface area contributed by atoms with Crippen molar-refractivity contribution in [1.82, 2.24) is 5.32 Å². The Kier molecular flexibility index (Phi) is 7.61. The first-order valence-corrected chi connectivity index (χ1v) is 11.9. The predicted molar refractivity (Wildman–Crippen MR) is 129 cm³/mol. The Balaban J connectivity index is 1.50. The summed E-state index contributed by atoms with van der Waals surface area (Å²) in [4.78, 5) is 37.8. The first-order valence-electron chi connectivity index (χ1n) is 11.9. The maximum atomic E-state index is 12.9. The molecule has 1 saturated heterocycles. The van der Waals surface area contributed by atoms with Gasteiger partial charge >= 0.3 is 17.9 Å². The summed E-state index contributed by atoms with van der Waals surface area (Å²) < 4.78 is 22.1. The lowest BCUT2D eigenvalue weighted by atomic mass is 9.56. The minimum Gasteiger partial charge on any atom is -0.466 e. The molecule has 3 N–H and O–H groups in total. The van der Waals surface area contributed by atoms with Crippen LogP contribution in [-0.4, -0.2) is 64.4 Å². The van der Waals surface area contributed by atoms with Crippen molar-refractivity contribution < 1.29 is 33.3 Å². The van der Waals surface area contributed by atoms with Crippen LogP contribution >= 0.6 is 0 Å². The van der Waals surface area contributed by atoms with Crippen molar-refractivity contribution in [3.63, 3.8) is 0 Å². The molecule has 186 valence electrons. The second-order valence-corrected chi connectivity index (χ2v) is 9.32. The lowest BCUT2D eigenvalue weighted by Gasteiger charge is -2.43. The normalized spacial score (nSPS) is 28.1. The second-order valence-electron chi connectivity index (χ2n) is 9.32. The molecule has 0 bridgehead atoms. The summed E-state index contributed by atoms with van der Waals surface area (Å²) in [5, 5.41) is 2.18. The van der Waals surface area contributed by atoms with Gasteiger partial charge in [0, 0.05) is 11.2 Å². The van der Waals surface area contributed by atoms with Gasteiger partial charge in [-0.3, -0.25) is 9.59 Å². The molecule has 5 unspecified atom stereocenters. The van der Waals surface area contributed by atoms with Gasteiger partial charge in [-0.05, 0) is 43.4 Å². The Morgan fingerprint density at radius 3 is 2.74 bits per heavy atom. The monoisotopic (exact) mass is 482 g/mol. The highest BCUT2D eigenvalue weighted by Crippen LogP contribution is 2.57. The second kappa shape index (κ2) is 10.7. The molecule has 35 heavy (non-hydrogen) atoms. The molecule has 1 aromatic carbocycles. The van der Waals surface area contributed by atoms with Gasteiger partial charge in [-0.2, -0.15) is 0 Å². The van der Waals surface area contributed by atoms with E-state index in [4.69, 9.17) is 24.7 Å². The molecule has 0 radical (unpaired) electrons. The fourth-order valence-corrected chi connectivity index (χ4v) is 5.03. The predicted octanol–water partition coefficient (Wildman–Crippen LogP) is 0.546. The zero-order valence-electron chi connectivity index (χ0n) is 20.0. The number of rotatable bonds is 8. The summed E-state index contributed by atoms with van der Waals surface area (Å²) in [7, 11) is 3.14. The molecule has 0 amide bonds. The standard InChI is InChI=1S/C25H31BN2O7/c1-32-21(29)17-14-34-24(35-22(30)19(27)12-15-6-3-2-4-7-15)25(26)16(9-10-18(17)25)13-33-23(31)20-8-5-11-28-20/h2-4,6-7,9,14,18-20,24,28H,5,8,10-13,26-27H2,1H3. The number of esters is 3. The molecule has 5 atom stereocenters. The van der Waals surface area contributed by atoms with E-state index in [0.717, 1.165) is 30.5 Å². The minimum absolute atomic E-state index is 0.00590. The average molecular weight is 482 g/mol. The number of carbonyl (C=O) groups excluding carboxylic acids is 3. The van der Waals surface area contributed by atoms with E-state index >= 15 is 0 Å². The number of carbonyl (C=O) groups is 3. The van der Waals surface area contributed by atoms with Crippen LogP contribution < -0.4 is 11.1 Å². The molecule has 0 spiro atoms. The van der Waals surface area contributed by atoms with E-state index in [9.17, 15) is 14.4 Å². The SMILES string of the molecule is BC12C(COC(=O)C3CCCN3)=CCC1C(C(=O)OC)=COC2OC(=O)C(N)Cc1ccccc1. The van der Waals surface area contributed by atoms with Gasteiger partial charge in [-0.25, -0.2) is 4.79 Å². The molecule has 1 aromatic rings. The topological polar surface area (TPSA) is 126 Å². The van der Waals surface area contributed by atoms with E-state index in [1.165, 1.54) is 13.4 Å². The van der Waals surface area contributed by atoms with Gasteiger partial charge in [0.1, 0.15) is 26.5 Å². The van der Waals surface area contributed by atoms with Crippen LogP contribution in [0.15, 0.2) is 53.8 Å². The Morgan fingerprint density at radius 1 is 1.29 bits per heavy atom. The summed E-state index contributed by atoms with van der Waals surface area (Å²) in [6.07, 6.45) is 4.61. The van der Waals surface area contributed by atoms with Crippen LogP contribution in [-0.2, 0) is 39.8 Å². The van der Waals surface area contributed by atoms with E-state index in [1.807, 2.05) is 44.3 Å². The molecule has 3 aliphatic rings. The van der Waals surface area contributed by atoms with Crippen molar-refractivity contribution in [3.8, 4) is 0 Å². The van der Waals surface area contributed by atoms with Gasteiger partial charge in [0.2, 0.25) is 6.29 Å². The maximum absolute atomic E-state index is 12.9. The third kappa shape index (κ3) is 5.13. The van der Waals surface area contributed by atoms with Crippen LogP contribution in [0.25, 0.3) is 0 Å². The van der Waals surface area contributed by atoms with Gasteiger partial charge < -0.3 is 30.0 Å². The van der Waals surface area contributed by atoms with E-state index in [0.29, 0.717) is 18.4 Å². The van der Waals surface area contributed by atoms with Crippen molar-refractivity contribution in [1.29, 1.82) is 0 Å². The molecule has 1 fully saturated rings. The summed E-state index contributed by atoms with van der Waals surface area (Å²) >= 11 is 0. The van der Waals surface area contributed by atoms with Crippen LogP contribution in [0.5, 0.6) is 0 Å². The fraction of sp³-hybridized carbons (Fsp3) is 0.480. The van der Waals surface area contributed by atoms with Gasteiger partial charge in [-0.1, -0.05) is 36.4 Å². The van der Waals surface area contributed by atoms with E-state index in [1.54, 1.807) is 0 Å². The zero-order chi connectivity index (χ0) is 25.0. The first-order chi connectivity index (χ1) is 16.8. The Morgan fingerprint density at radius 2 is 2.06 bits per heavy atom. The molecular formula is C25H31BN2O7. The fourth-order valence-electron chi connectivity index (χ4n) is 5.03. The lowest BCUT2D eigenvalue weighted by molar-refractivity contribution is -0.182. The number of nitrogens with one attached hydrogen (secondary N) is 1. The average Bonchev–Trinajstić information content (AvgIpc) is 3.52. The quantitative estimate of drug-likeness (QED) is 0.236. The lowest BCUT2D eigenvalue weighted by Crippen LogP contribution is -2.47. The number of fused-ring (bicyclic) bond motifs is 1. The van der Waals surface area contributed by atoms with Gasteiger partial charge in [0.15, 0.2) is 0 Å². The van der Waals surface area contributed by atoms with Crippen molar-refractivity contribution in [2.75, 3.05) is 20.3 Å². The molecule has 2 aliphatic heterocycles. The van der Waals surface area contributed by atoms with Crippen LogP contribution in [0.3, 0.4) is 0 Å². The number of hydrogen-bond acceptors (Lipinski definition) is 9. The number of methoxy groups -OCH3 is 1. The van der Waals surface area contributed by atoms with Crippen molar-refractivity contribution >= 4 is 25.8 Å². The summed E-state index contributed by atoms with van der Waals surface area (Å²) in [6.45, 7) is 0.788. The van der Waals surface area contributed by atoms with Crippen LogP contribution in [0.4, 0.5) is 0 Å². The van der Waals surface area contributed by atoms with Crippen molar-refractivity contribution in [3.05, 3.63) is 59.4 Å². The molecule has 9 nitrogen and oxygen atoms in total. The maximum Gasteiger partial charge on any atom is 0.337 e. The van der Waals surface area contributed by atoms with Crippen molar-refractivity contribution in [2.24, 2.45) is 11.7 Å². The Bertz CT molecular complexity index is 1020.